The van der Waals surface area contributed by atoms with Crippen molar-refractivity contribution in [2.45, 2.75) is 25.0 Å². The van der Waals surface area contributed by atoms with Gasteiger partial charge in [0.25, 0.3) is 0 Å². The van der Waals surface area contributed by atoms with Crippen LogP contribution in [0.1, 0.15) is 13.3 Å². The van der Waals surface area contributed by atoms with Gasteiger partial charge in [0.15, 0.2) is 16.7 Å². The normalized spacial score (nSPS) is 11.1. The van der Waals surface area contributed by atoms with E-state index in [0.29, 0.717) is 29.9 Å². The number of nitrogens with zero attached hydrogens (tertiary/aromatic N) is 4. The zero-order valence-electron chi connectivity index (χ0n) is 17.5. The maximum atomic E-state index is 12.3. The summed E-state index contributed by atoms with van der Waals surface area (Å²) in [5, 5.41) is 12.0. The van der Waals surface area contributed by atoms with Crippen LogP contribution in [0.25, 0.3) is 11.6 Å². The van der Waals surface area contributed by atoms with Gasteiger partial charge >= 0.3 is 0 Å². The molecule has 2 heterocycles. The summed E-state index contributed by atoms with van der Waals surface area (Å²) in [7, 11) is 4.08. The highest BCUT2D eigenvalue weighted by molar-refractivity contribution is 7.99. The molecule has 0 radical (unpaired) electrons. The van der Waals surface area contributed by atoms with Crippen molar-refractivity contribution in [2.75, 3.05) is 38.3 Å². The van der Waals surface area contributed by atoms with Crippen molar-refractivity contribution in [3.8, 4) is 17.3 Å². The second-order valence-corrected chi connectivity index (χ2v) is 7.84. The molecular formula is C21H27N5O3S. The van der Waals surface area contributed by atoms with Crippen molar-refractivity contribution in [2.24, 2.45) is 0 Å². The largest absolute Gasteiger partial charge is 0.494 e. The molecule has 9 heteroatoms. The van der Waals surface area contributed by atoms with Gasteiger partial charge < -0.3 is 19.4 Å². The number of nitrogens with one attached hydrogen (secondary N) is 1. The third-order valence-electron chi connectivity index (χ3n) is 4.26. The second kappa shape index (κ2) is 10.8. The number of carbonyl (C=O) groups excluding carboxylic acids is 1. The standard InChI is InChI=1S/C21H27N5O3S/c1-4-26-20(18-7-5-13-29-18)23-24-21(26)30-15-19(27)22-16-8-10-17(11-9-16)28-14-6-12-25(2)3/h5,7-11,13H,4,6,12,14-15H2,1-3H3,(H,22,27). The van der Waals surface area contributed by atoms with Crippen molar-refractivity contribution in [3.63, 3.8) is 0 Å². The Morgan fingerprint density at radius 3 is 2.70 bits per heavy atom. The first-order valence-corrected chi connectivity index (χ1v) is 10.8. The summed E-state index contributed by atoms with van der Waals surface area (Å²) >= 11 is 1.34. The Bertz CT molecular complexity index is 923. The van der Waals surface area contributed by atoms with E-state index < -0.39 is 0 Å². The van der Waals surface area contributed by atoms with Gasteiger partial charge in [-0.25, -0.2) is 0 Å². The highest BCUT2D eigenvalue weighted by Crippen LogP contribution is 2.24. The topological polar surface area (TPSA) is 85.4 Å². The van der Waals surface area contributed by atoms with E-state index in [4.69, 9.17) is 9.15 Å². The zero-order chi connectivity index (χ0) is 21.3. The predicted octanol–water partition coefficient (Wildman–Crippen LogP) is 3.62. The van der Waals surface area contributed by atoms with Crippen LogP contribution >= 0.6 is 11.8 Å². The molecule has 0 atom stereocenters. The second-order valence-electron chi connectivity index (χ2n) is 6.89. The number of hydrogen-bond acceptors (Lipinski definition) is 7. The number of hydrogen-bond donors (Lipinski definition) is 1. The van der Waals surface area contributed by atoms with E-state index in [9.17, 15) is 4.79 Å². The summed E-state index contributed by atoms with van der Waals surface area (Å²) in [6.07, 6.45) is 2.57. The van der Waals surface area contributed by atoms with E-state index in [1.807, 2.05) is 62.0 Å². The molecule has 0 aliphatic rings. The SMILES string of the molecule is CCn1c(SCC(=O)Nc2ccc(OCCCN(C)C)cc2)nnc1-c1ccco1. The summed E-state index contributed by atoms with van der Waals surface area (Å²) in [6.45, 7) is 4.34. The summed E-state index contributed by atoms with van der Waals surface area (Å²) in [5.74, 6) is 2.24. The molecule has 0 spiro atoms. The maximum Gasteiger partial charge on any atom is 0.234 e. The molecule has 1 aromatic carbocycles. The Kier molecular flexibility index (Phi) is 7.92. The molecule has 8 nitrogen and oxygen atoms in total. The summed E-state index contributed by atoms with van der Waals surface area (Å²) in [4.78, 5) is 14.5. The summed E-state index contributed by atoms with van der Waals surface area (Å²) in [5.41, 5.74) is 0.731. The Labute approximate surface area is 180 Å². The van der Waals surface area contributed by atoms with E-state index >= 15 is 0 Å². The smallest absolute Gasteiger partial charge is 0.234 e. The summed E-state index contributed by atoms with van der Waals surface area (Å²) in [6, 6.07) is 11.1. The van der Waals surface area contributed by atoms with Gasteiger partial charge in [0, 0.05) is 18.8 Å². The Morgan fingerprint density at radius 2 is 2.03 bits per heavy atom. The quantitative estimate of drug-likeness (QED) is 0.368. The van der Waals surface area contributed by atoms with Crippen LogP contribution in [0.3, 0.4) is 0 Å². The molecule has 0 bridgehead atoms. The molecule has 2 aromatic heterocycles. The molecule has 0 fully saturated rings. The molecule has 1 amide bonds. The number of aromatic nitrogens is 3. The first-order chi connectivity index (χ1) is 14.6. The first-order valence-electron chi connectivity index (χ1n) is 9.84. The van der Waals surface area contributed by atoms with E-state index in [1.165, 1.54) is 11.8 Å². The number of amides is 1. The van der Waals surface area contributed by atoms with Crippen LogP contribution in [0, 0.1) is 0 Å². The molecule has 3 aromatic rings. The lowest BCUT2D eigenvalue weighted by molar-refractivity contribution is -0.113. The van der Waals surface area contributed by atoms with Crippen LogP contribution in [0.4, 0.5) is 5.69 Å². The van der Waals surface area contributed by atoms with Gasteiger partial charge in [-0.05, 0) is 63.8 Å². The highest BCUT2D eigenvalue weighted by atomic mass is 32.2. The number of thioether (sulfide) groups is 1. The fourth-order valence-corrected chi connectivity index (χ4v) is 3.60. The van der Waals surface area contributed by atoms with Gasteiger partial charge in [-0.2, -0.15) is 0 Å². The lowest BCUT2D eigenvalue weighted by Gasteiger charge is -2.11. The molecule has 0 saturated carbocycles. The molecule has 3 rings (SSSR count). The number of furan rings is 1. The zero-order valence-corrected chi connectivity index (χ0v) is 18.3. The van der Waals surface area contributed by atoms with Crippen molar-refractivity contribution in [3.05, 3.63) is 42.7 Å². The van der Waals surface area contributed by atoms with E-state index in [2.05, 4.69) is 20.4 Å². The fraction of sp³-hybridized carbons (Fsp3) is 0.381. The predicted molar refractivity (Wildman–Crippen MR) is 118 cm³/mol. The van der Waals surface area contributed by atoms with E-state index in [1.54, 1.807) is 6.26 Å². The molecule has 1 N–H and O–H groups in total. The van der Waals surface area contributed by atoms with Crippen molar-refractivity contribution in [1.29, 1.82) is 0 Å². The fourth-order valence-electron chi connectivity index (χ4n) is 2.80. The minimum atomic E-state index is -0.107. The van der Waals surface area contributed by atoms with Crippen LogP contribution < -0.4 is 10.1 Å². The van der Waals surface area contributed by atoms with E-state index in [0.717, 1.165) is 24.4 Å². The lowest BCUT2D eigenvalue weighted by atomic mass is 10.3. The summed E-state index contributed by atoms with van der Waals surface area (Å²) < 4.78 is 13.0. The van der Waals surface area contributed by atoms with Crippen LogP contribution in [0.5, 0.6) is 5.75 Å². The average Bonchev–Trinajstić information content (AvgIpc) is 3.40. The monoisotopic (exact) mass is 429 g/mol. The van der Waals surface area contributed by atoms with Gasteiger partial charge in [0.2, 0.25) is 5.91 Å². The lowest BCUT2D eigenvalue weighted by Crippen LogP contribution is -2.15. The number of anilines is 1. The third-order valence-corrected chi connectivity index (χ3v) is 5.23. The number of rotatable bonds is 11. The minimum absolute atomic E-state index is 0.107. The van der Waals surface area contributed by atoms with E-state index in [-0.39, 0.29) is 11.7 Å². The minimum Gasteiger partial charge on any atom is -0.494 e. The van der Waals surface area contributed by atoms with Crippen molar-refractivity contribution in [1.82, 2.24) is 19.7 Å². The van der Waals surface area contributed by atoms with Crippen LogP contribution in [-0.2, 0) is 11.3 Å². The van der Waals surface area contributed by atoms with Gasteiger partial charge in [0.05, 0.1) is 18.6 Å². The average molecular weight is 430 g/mol. The number of benzene rings is 1. The molecule has 160 valence electrons. The molecular weight excluding hydrogens is 402 g/mol. The Balaban J connectivity index is 1.48. The van der Waals surface area contributed by atoms with Gasteiger partial charge in [-0.15, -0.1) is 10.2 Å². The Hall–Kier alpha value is -2.78. The molecule has 0 aliphatic heterocycles. The third kappa shape index (κ3) is 6.11. The first kappa shape index (κ1) is 21.9. The maximum absolute atomic E-state index is 12.3. The van der Waals surface area contributed by atoms with Crippen molar-refractivity contribution >= 4 is 23.4 Å². The highest BCUT2D eigenvalue weighted by Gasteiger charge is 2.16. The number of carbonyl (C=O) groups is 1. The molecule has 0 saturated heterocycles. The van der Waals surface area contributed by atoms with Gasteiger partial charge in [-0.3, -0.25) is 9.36 Å². The van der Waals surface area contributed by atoms with Crippen LogP contribution in [0.15, 0.2) is 52.2 Å². The Morgan fingerprint density at radius 1 is 1.23 bits per heavy atom. The van der Waals surface area contributed by atoms with Crippen LogP contribution in [0.2, 0.25) is 0 Å². The van der Waals surface area contributed by atoms with Gasteiger partial charge in [0.1, 0.15) is 5.75 Å². The van der Waals surface area contributed by atoms with Gasteiger partial charge in [-0.1, -0.05) is 11.8 Å². The number of ether oxygens (including phenoxy) is 1. The molecule has 0 unspecified atom stereocenters. The molecule has 0 aliphatic carbocycles. The van der Waals surface area contributed by atoms with Crippen molar-refractivity contribution < 1.29 is 13.9 Å². The van der Waals surface area contributed by atoms with Crippen LogP contribution in [-0.4, -0.2) is 58.6 Å². The molecule has 30 heavy (non-hydrogen) atoms.